The standard InChI is InChI=1S/C11H21F2NO3/c1-8(9(7-15)14-6-10(12)13)17-11-4-2-3-5-16-11/h8-11,14-15H,2-7H2,1H3/t8-,9?,11?/m0/s1. The molecule has 0 aromatic rings. The van der Waals surface area contributed by atoms with Gasteiger partial charge in [0, 0.05) is 6.61 Å². The van der Waals surface area contributed by atoms with Gasteiger partial charge in [0.15, 0.2) is 6.29 Å². The minimum Gasteiger partial charge on any atom is -0.395 e. The topological polar surface area (TPSA) is 50.7 Å². The molecule has 0 bridgehead atoms. The van der Waals surface area contributed by atoms with Crippen LogP contribution >= 0.6 is 0 Å². The molecule has 2 unspecified atom stereocenters. The molecule has 102 valence electrons. The third-order valence-corrected chi connectivity index (χ3v) is 2.80. The van der Waals surface area contributed by atoms with Gasteiger partial charge in [-0.2, -0.15) is 0 Å². The van der Waals surface area contributed by atoms with Crippen LogP contribution in [0.15, 0.2) is 0 Å². The van der Waals surface area contributed by atoms with Crippen LogP contribution in [-0.2, 0) is 9.47 Å². The van der Waals surface area contributed by atoms with Gasteiger partial charge in [-0.05, 0) is 26.2 Å². The van der Waals surface area contributed by atoms with Crippen LogP contribution in [0.5, 0.6) is 0 Å². The van der Waals surface area contributed by atoms with Crippen molar-refractivity contribution in [2.45, 2.75) is 51.0 Å². The number of alkyl halides is 2. The van der Waals surface area contributed by atoms with Gasteiger partial charge in [0.05, 0.1) is 25.3 Å². The van der Waals surface area contributed by atoms with Crippen LogP contribution in [0, 0.1) is 0 Å². The van der Waals surface area contributed by atoms with E-state index in [1.807, 2.05) is 0 Å². The van der Waals surface area contributed by atoms with Gasteiger partial charge in [0.25, 0.3) is 6.43 Å². The molecule has 1 fully saturated rings. The molecule has 3 atom stereocenters. The molecule has 1 saturated heterocycles. The lowest BCUT2D eigenvalue weighted by atomic mass is 10.1. The van der Waals surface area contributed by atoms with Crippen LogP contribution < -0.4 is 5.32 Å². The maximum Gasteiger partial charge on any atom is 0.250 e. The molecule has 2 N–H and O–H groups in total. The summed E-state index contributed by atoms with van der Waals surface area (Å²) in [5.74, 6) is 0. The Morgan fingerprint density at radius 1 is 1.47 bits per heavy atom. The van der Waals surface area contributed by atoms with Crippen molar-refractivity contribution in [1.29, 1.82) is 0 Å². The molecule has 0 aliphatic carbocycles. The van der Waals surface area contributed by atoms with Gasteiger partial charge in [-0.25, -0.2) is 8.78 Å². The van der Waals surface area contributed by atoms with Crippen LogP contribution in [0.4, 0.5) is 8.78 Å². The summed E-state index contributed by atoms with van der Waals surface area (Å²) in [5.41, 5.74) is 0. The first-order valence-electron chi connectivity index (χ1n) is 6.03. The lowest BCUT2D eigenvalue weighted by molar-refractivity contribution is -0.191. The molecule has 0 amide bonds. The summed E-state index contributed by atoms with van der Waals surface area (Å²) >= 11 is 0. The molecule has 4 nitrogen and oxygen atoms in total. The number of halogens is 2. The van der Waals surface area contributed by atoms with Gasteiger partial charge >= 0.3 is 0 Å². The third-order valence-electron chi connectivity index (χ3n) is 2.80. The maximum atomic E-state index is 12.0. The number of nitrogens with one attached hydrogen (secondary N) is 1. The molecule has 17 heavy (non-hydrogen) atoms. The summed E-state index contributed by atoms with van der Waals surface area (Å²) in [6.45, 7) is 1.74. The average molecular weight is 253 g/mol. The summed E-state index contributed by atoms with van der Waals surface area (Å²) in [7, 11) is 0. The van der Waals surface area contributed by atoms with Crippen LogP contribution in [0.3, 0.4) is 0 Å². The van der Waals surface area contributed by atoms with E-state index in [1.54, 1.807) is 6.92 Å². The van der Waals surface area contributed by atoms with E-state index in [2.05, 4.69) is 5.32 Å². The van der Waals surface area contributed by atoms with Crippen molar-refractivity contribution >= 4 is 0 Å². The zero-order valence-electron chi connectivity index (χ0n) is 10.1. The van der Waals surface area contributed by atoms with Crippen molar-refractivity contribution in [2.24, 2.45) is 0 Å². The van der Waals surface area contributed by atoms with Crippen LogP contribution in [-0.4, -0.2) is 49.7 Å². The van der Waals surface area contributed by atoms with E-state index in [4.69, 9.17) is 14.6 Å². The summed E-state index contributed by atoms with van der Waals surface area (Å²) in [6.07, 6.45) is -0.172. The number of ether oxygens (including phenoxy) is 2. The fourth-order valence-electron chi connectivity index (χ4n) is 1.77. The summed E-state index contributed by atoms with van der Waals surface area (Å²) in [5, 5.41) is 11.7. The Balaban J connectivity index is 2.28. The Morgan fingerprint density at radius 3 is 2.76 bits per heavy atom. The monoisotopic (exact) mass is 253 g/mol. The molecule has 0 saturated carbocycles. The number of rotatable bonds is 7. The smallest absolute Gasteiger partial charge is 0.250 e. The van der Waals surface area contributed by atoms with E-state index in [1.165, 1.54) is 0 Å². The van der Waals surface area contributed by atoms with Crippen LogP contribution in [0.1, 0.15) is 26.2 Å². The maximum absolute atomic E-state index is 12.0. The van der Waals surface area contributed by atoms with E-state index in [9.17, 15) is 8.78 Å². The van der Waals surface area contributed by atoms with Crippen molar-refractivity contribution in [3.05, 3.63) is 0 Å². The molecule has 0 radical (unpaired) electrons. The van der Waals surface area contributed by atoms with Crippen molar-refractivity contribution in [1.82, 2.24) is 5.32 Å². The highest BCUT2D eigenvalue weighted by molar-refractivity contribution is 4.74. The van der Waals surface area contributed by atoms with Gasteiger partial charge in [-0.1, -0.05) is 0 Å². The van der Waals surface area contributed by atoms with Crippen LogP contribution in [0.2, 0.25) is 0 Å². The molecule has 1 aliphatic heterocycles. The Bertz CT molecular complexity index is 201. The second-order valence-electron chi connectivity index (χ2n) is 4.23. The van der Waals surface area contributed by atoms with Crippen molar-refractivity contribution < 1.29 is 23.4 Å². The van der Waals surface area contributed by atoms with Gasteiger partial charge in [-0.3, -0.25) is 0 Å². The number of aliphatic hydroxyl groups is 1. The fourth-order valence-corrected chi connectivity index (χ4v) is 1.77. The fraction of sp³-hybridized carbons (Fsp3) is 1.00. The SMILES string of the molecule is C[C@H](OC1CCCCO1)C(CO)NCC(F)F. The second-order valence-corrected chi connectivity index (χ2v) is 4.23. The van der Waals surface area contributed by atoms with Gasteiger partial charge < -0.3 is 19.9 Å². The molecule has 0 spiro atoms. The van der Waals surface area contributed by atoms with Gasteiger partial charge in [0.1, 0.15) is 0 Å². The average Bonchev–Trinajstić information content (AvgIpc) is 2.30. The third kappa shape index (κ3) is 5.72. The van der Waals surface area contributed by atoms with E-state index >= 15 is 0 Å². The first-order valence-corrected chi connectivity index (χ1v) is 6.03. The highest BCUT2D eigenvalue weighted by Gasteiger charge is 2.23. The molecule has 1 rings (SSSR count). The Hall–Kier alpha value is -0.300. The molecule has 6 heteroatoms. The summed E-state index contributed by atoms with van der Waals surface area (Å²) in [4.78, 5) is 0. The number of aliphatic hydroxyl groups excluding tert-OH is 1. The molecular formula is C11H21F2NO3. The molecule has 1 heterocycles. The Morgan fingerprint density at radius 2 is 2.24 bits per heavy atom. The molecular weight excluding hydrogens is 232 g/mol. The highest BCUT2D eigenvalue weighted by Crippen LogP contribution is 2.16. The Labute approximate surface area is 100 Å². The van der Waals surface area contributed by atoms with E-state index < -0.39 is 19.0 Å². The zero-order chi connectivity index (χ0) is 12.7. The van der Waals surface area contributed by atoms with E-state index in [0.29, 0.717) is 6.61 Å². The minimum atomic E-state index is -2.43. The quantitative estimate of drug-likeness (QED) is 0.714. The predicted octanol–water partition coefficient (Wildman–Crippen LogP) is 1.13. The molecule has 0 aromatic carbocycles. The second kappa shape index (κ2) is 7.92. The summed E-state index contributed by atoms with van der Waals surface area (Å²) in [6, 6.07) is -0.491. The van der Waals surface area contributed by atoms with Crippen molar-refractivity contribution in [2.75, 3.05) is 19.8 Å². The predicted molar refractivity (Wildman–Crippen MR) is 59.0 cm³/mol. The van der Waals surface area contributed by atoms with Crippen LogP contribution in [0.25, 0.3) is 0 Å². The van der Waals surface area contributed by atoms with E-state index in [0.717, 1.165) is 19.3 Å². The highest BCUT2D eigenvalue weighted by atomic mass is 19.3. The van der Waals surface area contributed by atoms with Gasteiger partial charge in [0.2, 0.25) is 0 Å². The molecule has 1 aliphatic rings. The summed E-state index contributed by atoms with van der Waals surface area (Å²) < 4.78 is 35.1. The largest absolute Gasteiger partial charge is 0.395 e. The number of hydrogen-bond acceptors (Lipinski definition) is 4. The molecule has 0 aromatic heterocycles. The van der Waals surface area contributed by atoms with Crippen molar-refractivity contribution in [3.63, 3.8) is 0 Å². The van der Waals surface area contributed by atoms with E-state index in [-0.39, 0.29) is 19.0 Å². The Kier molecular flexibility index (Phi) is 6.87. The van der Waals surface area contributed by atoms with Crippen molar-refractivity contribution in [3.8, 4) is 0 Å². The lowest BCUT2D eigenvalue weighted by Gasteiger charge is -2.30. The first kappa shape index (κ1) is 14.8. The minimum absolute atomic E-state index is 0.236. The first-order chi connectivity index (χ1) is 8.13. The normalized spacial score (nSPS) is 24.9. The number of hydrogen-bond donors (Lipinski definition) is 2. The van der Waals surface area contributed by atoms with Gasteiger partial charge in [-0.15, -0.1) is 0 Å². The lowest BCUT2D eigenvalue weighted by Crippen LogP contribution is -2.46. The zero-order valence-corrected chi connectivity index (χ0v) is 10.1.